The fourth-order valence-corrected chi connectivity index (χ4v) is 1.93. The normalized spacial score (nSPS) is 12.5. The quantitative estimate of drug-likeness (QED) is 0.810. The maximum Gasteiger partial charge on any atom is 0.143 e. The van der Waals surface area contributed by atoms with Crippen LogP contribution in [0.4, 0.5) is 11.4 Å². The van der Waals surface area contributed by atoms with Gasteiger partial charge in [0, 0.05) is 11.3 Å². The number of nitrogens with one attached hydrogen (secondary N) is 1. The second-order valence-electron chi connectivity index (χ2n) is 3.93. The van der Waals surface area contributed by atoms with E-state index in [1.54, 1.807) is 7.11 Å². The molecular formula is C14H13NO2. The number of anilines is 2. The van der Waals surface area contributed by atoms with Crippen molar-refractivity contribution >= 4 is 11.4 Å². The summed E-state index contributed by atoms with van der Waals surface area (Å²) in [5, 5.41) is 3.37. The lowest BCUT2D eigenvalue weighted by molar-refractivity contribution is 0.310. The van der Waals surface area contributed by atoms with Crippen molar-refractivity contribution in [1.29, 1.82) is 0 Å². The number of fused-ring (bicyclic) bond motifs is 2. The van der Waals surface area contributed by atoms with Gasteiger partial charge in [0.25, 0.3) is 0 Å². The van der Waals surface area contributed by atoms with Gasteiger partial charge in [0.05, 0.1) is 12.8 Å². The zero-order valence-corrected chi connectivity index (χ0v) is 9.57. The predicted octanol–water partition coefficient (Wildman–Crippen LogP) is 3.33. The molecule has 0 unspecified atom stereocenters. The van der Waals surface area contributed by atoms with E-state index in [2.05, 4.69) is 5.32 Å². The van der Waals surface area contributed by atoms with E-state index in [1.807, 2.05) is 42.5 Å². The summed E-state index contributed by atoms with van der Waals surface area (Å²) >= 11 is 0. The molecule has 2 aromatic rings. The molecule has 1 N–H and O–H groups in total. The molecule has 1 heterocycles. The van der Waals surface area contributed by atoms with Gasteiger partial charge in [-0.05, 0) is 30.3 Å². The Hall–Kier alpha value is -2.16. The minimum atomic E-state index is 0.552. The second kappa shape index (κ2) is 4.01. The topological polar surface area (TPSA) is 30.5 Å². The van der Waals surface area contributed by atoms with E-state index >= 15 is 0 Å². The first-order valence-electron chi connectivity index (χ1n) is 5.52. The summed E-state index contributed by atoms with van der Waals surface area (Å²) in [7, 11) is 1.67. The fourth-order valence-electron chi connectivity index (χ4n) is 1.93. The molecule has 17 heavy (non-hydrogen) atoms. The molecule has 0 radical (unpaired) electrons. The number of methoxy groups -OCH3 is 1. The van der Waals surface area contributed by atoms with E-state index in [1.165, 1.54) is 0 Å². The number of hydrogen-bond acceptors (Lipinski definition) is 3. The standard InChI is InChI=1S/C14H13NO2/c1-16-11-6-7-12-10(8-11)9-17-14-5-3-2-4-13(14)15-12/h2-8,15H,9H2,1H3. The van der Waals surface area contributed by atoms with Gasteiger partial charge < -0.3 is 14.8 Å². The van der Waals surface area contributed by atoms with Crippen LogP contribution in [-0.2, 0) is 6.61 Å². The van der Waals surface area contributed by atoms with Gasteiger partial charge >= 0.3 is 0 Å². The fraction of sp³-hybridized carbons (Fsp3) is 0.143. The monoisotopic (exact) mass is 227 g/mol. The van der Waals surface area contributed by atoms with Gasteiger partial charge in [-0.25, -0.2) is 0 Å². The number of rotatable bonds is 1. The minimum absolute atomic E-state index is 0.552. The first kappa shape index (κ1) is 10.0. The minimum Gasteiger partial charge on any atom is -0.497 e. The third-order valence-electron chi connectivity index (χ3n) is 2.85. The largest absolute Gasteiger partial charge is 0.497 e. The summed E-state index contributed by atoms with van der Waals surface area (Å²) in [6.07, 6.45) is 0. The molecule has 3 rings (SSSR count). The Balaban J connectivity index is 2.03. The van der Waals surface area contributed by atoms with Crippen LogP contribution in [0.1, 0.15) is 5.56 Å². The van der Waals surface area contributed by atoms with Crippen LogP contribution in [0, 0.1) is 0 Å². The van der Waals surface area contributed by atoms with Crippen LogP contribution in [0.25, 0.3) is 0 Å². The molecule has 3 heteroatoms. The van der Waals surface area contributed by atoms with Crippen molar-refractivity contribution in [2.24, 2.45) is 0 Å². The summed E-state index contributed by atoms with van der Waals surface area (Å²) in [5.74, 6) is 1.72. The molecule has 0 atom stereocenters. The highest BCUT2D eigenvalue weighted by Gasteiger charge is 2.13. The molecule has 1 aliphatic heterocycles. The van der Waals surface area contributed by atoms with Crippen molar-refractivity contribution in [1.82, 2.24) is 0 Å². The van der Waals surface area contributed by atoms with Crippen LogP contribution in [-0.4, -0.2) is 7.11 Å². The van der Waals surface area contributed by atoms with Crippen LogP contribution in [0.2, 0.25) is 0 Å². The molecule has 0 spiro atoms. The van der Waals surface area contributed by atoms with E-state index in [4.69, 9.17) is 9.47 Å². The third kappa shape index (κ3) is 1.80. The molecule has 0 amide bonds. The van der Waals surface area contributed by atoms with E-state index in [-0.39, 0.29) is 0 Å². The lowest BCUT2D eigenvalue weighted by Gasteiger charge is -2.08. The Morgan fingerprint density at radius 1 is 1.12 bits per heavy atom. The van der Waals surface area contributed by atoms with Gasteiger partial charge in [-0.15, -0.1) is 0 Å². The van der Waals surface area contributed by atoms with E-state index in [0.717, 1.165) is 28.4 Å². The lowest BCUT2D eigenvalue weighted by Crippen LogP contribution is -1.95. The number of hydrogen-bond donors (Lipinski definition) is 1. The van der Waals surface area contributed by atoms with Gasteiger partial charge in [-0.1, -0.05) is 12.1 Å². The van der Waals surface area contributed by atoms with Crippen molar-refractivity contribution in [3.63, 3.8) is 0 Å². The molecule has 0 aromatic heterocycles. The van der Waals surface area contributed by atoms with E-state index in [0.29, 0.717) is 6.61 Å². The molecule has 1 aliphatic rings. The molecule has 3 nitrogen and oxygen atoms in total. The Labute approximate surface area is 100.0 Å². The van der Waals surface area contributed by atoms with Crippen LogP contribution in [0.5, 0.6) is 11.5 Å². The van der Waals surface area contributed by atoms with Crippen molar-refractivity contribution < 1.29 is 9.47 Å². The number of ether oxygens (including phenoxy) is 2. The Morgan fingerprint density at radius 2 is 2.00 bits per heavy atom. The average Bonchev–Trinajstić information content (AvgIpc) is 2.57. The third-order valence-corrected chi connectivity index (χ3v) is 2.85. The molecule has 86 valence electrons. The van der Waals surface area contributed by atoms with Crippen molar-refractivity contribution in [2.75, 3.05) is 12.4 Å². The highest BCUT2D eigenvalue weighted by Crippen LogP contribution is 2.34. The SMILES string of the molecule is COc1ccc2c(c1)COc1ccccc1N2. The maximum absolute atomic E-state index is 5.76. The predicted molar refractivity (Wildman–Crippen MR) is 67.1 cm³/mol. The highest BCUT2D eigenvalue weighted by atomic mass is 16.5. The lowest BCUT2D eigenvalue weighted by atomic mass is 10.1. The van der Waals surface area contributed by atoms with Crippen molar-refractivity contribution in [3.05, 3.63) is 48.0 Å². The average molecular weight is 227 g/mol. The second-order valence-corrected chi connectivity index (χ2v) is 3.93. The summed E-state index contributed by atoms with van der Waals surface area (Å²) in [5.41, 5.74) is 3.16. The number of para-hydroxylation sites is 2. The first-order chi connectivity index (χ1) is 8.36. The van der Waals surface area contributed by atoms with Crippen LogP contribution < -0.4 is 14.8 Å². The smallest absolute Gasteiger partial charge is 0.143 e. The summed E-state index contributed by atoms with van der Waals surface area (Å²) < 4.78 is 11.0. The van der Waals surface area contributed by atoms with Crippen LogP contribution in [0.3, 0.4) is 0 Å². The Kier molecular flexibility index (Phi) is 2.37. The molecule has 0 fully saturated rings. The molecule has 0 bridgehead atoms. The highest BCUT2D eigenvalue weighted by molar-refractivity contribution is 5.70. The van der Waals surface area contributed by atoms with Crippen molar-refractivity contribution in [3.8, 4) is 11.5 Å². The summed E-state index contributed by atoms with van der Waals surface area (Å²) in [4.78, 5) is 0. The van der Waals surface area contributed by atoms with E-state index < -0.39 is 0 Å². The zero-order valence-electron chi connectivity index (χ0n) is 9.57. The van der Waals surface area contributed by atoms with Gasteiger partial charge in [-0.3, -0.25) is 0 Å². The molecule has 0 saturated carbocycles. The summed E-state index contributed by atoms with van der Waals surface area (Å²) in [6.45, 7) is 0.552. The maximum atomic E-state index is 5.76. The molecule has 0 aliphatic carbocycles. The van der Waals surface area contributed by atoms with Gasteiger partial charge in [0.1, 0.15) is 18.1 Å². The van der Waals surface area contributed by atoms with Gasteiger partial charge in [-0.2, -0.15) is 0 Å². The molecular weight excluding hydrogens is 214 g/mol. The van der Waals surface area contributed by atoms with Crippen molar-refractivity contribution in [2.45, 2.75) is 6.61 Å². The number of benzene rings is 2. The van der Waals surface area contributed by atoms with Crippen LogP contribution in [0.15, 0.2) is 42.5 Å². The Bertz CT molecular complexity index is 552. The molecule has 2 aromatic carbocycles. The van der Waals surface area contributed by atoms with Gasteiger partial charge in [0.15, 0.2) is 0 Å². The van der Waals surface area contributed by atoms with Crippen LogP contribution >= 0.6 is 0 Å². The zero-order chi connectivity index (χ0) is 11.7. The first-order valence-corrected chi connectivity index (χ1v) is 5.52. The Morgan fingerprint density at radius 3 is 2.88 bits per heavy atom. The molecule has 0 saturated heterocycles. The van der Waals surface area contributed by atoms with Gasteiger partial charge in [0.2, 0.25) is 0 Å². The van der Waals surface area contributed by atoms with E-state index in [9.17, 15) is 0 Å². The summed E-state index contributed by atoms with van der Waals surface area (Å²) in [6, 6.07) is 13.9.